The van der Waals surface area contributed by atoms with E-state index in [9.17, 15) is 14.0 Å². The van der Waals surface area contributed by atoms with Gasteiger partial charge in [0.15, 0.2) is 4.99 Å². The first-order chi connectivity index (χ1) is 12.1. The minimum Gasteiger partial charge on any atom is -0.327 e. The number of nitrogens with zero attached hydrogens (tertiary/aromatic N) is 1. The molecule has 0 N–H and O–H groups in total. The third-order valence-electron chi connectivity index (χ3n) is 3.99. The molecule has 0 atom stereocenters. The lowest BCUT2D eigenvalue weighted by Crippen LogP contribution is -2.41. The Hall–Kier alpha value is -3.12. The molecule has 0 bridgehead atoms. The number of halogens is 1. The van der Waals surface area contributed by atoms with E-state index in [1.807, 2.05) is 18.2 Å². The fourth-order valence-electron chi connectivity index (χ4n) is 2.81. The largest absolute Gasteiger partial charge is 0.363 e. The molecule has 1 aliphatic heterocycles. The van der Waals surface area contributed by atoms with Crippen LogP contribution in [0.15, 0.2) is 60.7 Å². The van der Waals surface area contributed by atoms with Crippen molar-refractivity contribution in [3.63, 3.8) is 0 Å². The summed E-state index contributed by atoms with van der Waals surface area (Å²) in [5, 5.41) is 2.45. The molecule has 122 valence electrons. The third kappa shape index (κ3) is 2.47. The summed E-state index contributed by atoms with van der Waals surface area (Å²) in [6.45, 7) is 0. The van der Waals surface area contributed by atoms with Crippen molar-refractivity contribution < 1.29 is 18.8 Å². The Morgan fingerprint density at radius 3 is 2.28 bits per heavy atom. The first-order valence-corrected chi connectivity index (χ1v) is 7.85. The Labute approximate surface area is 147 Å². The van der Waals surface area contributed by atoms with Gasteiger partial charge in [-0.15, -0.1) is 5.06 Å². The first kappa shape index (κ1) is 15.4. The van der Waals surface area contributed by atoms with E-state index in [0.717, 1.165) is 28.0 Å². The fourth-order valence-corrected chi connectivity index (χ4v) is 3.10. The molecule has 1 aliphatic rings. The number of hydrogen-bond donors (Lipinski definition) is 0. The van der Waals surface area contributed by atoms with Crippen LogP contribution < -0.4 is 0 Å². The average Bonchev–Trinajstić information content (AvgIpc) is 2.63. The van der Waals surface area contributed by atoms with Gasteiger partial charge in [0.05, 0.1) is 11.1 Å². The highest BCUT2D eigenvalue weighted by atomic mass is 32.1. The lowest BCUT2D eigenvalue weighted by Gasteiger charge is -2.27. The second kappa shape index (κ2) is 5.75. The summed E-state index contributed by atoms with van der Waals surface area (Å²) in [6.07, 6.45) is 0. The molecule has 0 unspecified atom stereocenters. The van der Waals surface area contributed by atoms with E-state index < -0.39 is 17.7 Å². The Balaban J connectivity index is 1.73. The van der Waals surface area contributed by atoms with Crippen LogP contribution in [0.2, 0.25) is 0 Å². The number of benzene rings is 3. The van der Waals surface area contributed by atoms with Gasteiger partial charge >= 0.3 is 5.97 Å². The predicted octanol–water partition coefficient (Wildman–Crippen LogP) is 3.88. The molecule has 0 aliphatic carbocycles. The van der Waals surface area contributed by atoms with Gasteiger partial charge in [-0.2, -0.15) is 0 Å². The summed E-state index contributed by atoms with van der Waals surface area (Å²) in [5.41, 5.74) is 1.18. The van der Waals surface area contributed by atoms with E-state index >= 15 is 0 Å². The molecule has 1 amide bonds. The molecule has 0 aromatic heterocycles. The van der Waals surface area contributed by atoms with Crippen LogP contribution in [0.25, 0.3) is 10.8 Å². The highest BCUT2D eigenvalue weighted by Gasteiger charge is 2.33. The van der Waals surface area contributed by atoms with Crippen molar-refractivity contribution in [3.05, 3.63) is 83.2 Å². The third-order valence-corrected chi connectivity index (χ3v) is 4.37. The van der Waals surface area contributed by atoms with Gasteiger partial charge in [-0.25, -0.2) is 9.18 Å². The van der Waals surface area contributed by atoms with Crippen molar-refractivity contribution in [3.8, 4) is 0 Å². The average molecular weight is 351 g/mol. The molecule has 3 aromatic rings. The number of amides is 1. The zero-order valence-electron chi connectivity index (χ0n) is 12.7. The van der Waals surface area contributed by atoms with Crippen LogP contribution in [0.1, 0.15) is 26.3 Å². The van der Waals surface area contributed by atoms with Gasteiger partial charge in [0.1, 0.15) is 5.82 Å². The van der Waals surface area contributed by atoms with E-state index in [1.165, 1.54) is 12.1 Å². The van der Waals surface area contributed by atoms with Crippen molar-refractivity contribution >= 4 is 39.9 Å². The van der Waals surface area contributed by atoms with Gasteiger partial charge < -0.3 is 4.84 Å². The summed E-state index contributed by atoms with van der Waals surface area (Å²) in [6, 6.07) is 15.6. The molecule has 0 saturated heterocycles. The second-order valence-corrected chi connectivity index (χ2v) is 5.89. The summed E-state index contributed by atoms with van der Waals surface area (Å²) in [5.74, 6) is -1.77. The maximum atomic E-state index is 13.0. The Bertz CT molecular complexity index is 995. The van der Waals surface area contributed by atoms with Crippen LogP contribution in [0.3, 0.4) is 0 Å². The van der Waals surface area contributed by atoms with Crippen molar-refractivity contribution in [2.75, 3.05) is 0 Å². The lowest BCUT2D eigenvalue weighted by molar-refractivity contribution is -0.0382. The van der Waals surface area contributed by atoms with Crippen molar-refractivity contribution in [2.45, 2.75) is 0 Å². The molecule has 0 radical (unpaired) electrons. The summed E-state index contributed by atoms with van der Waals surface area (Å²) >= 11 is 5.35. The second-order valence-electron chi connectivity index (χ2n) is 5.50. The predicted molar refractivity (Wildman–Crippen MR) is 93.6 cm³/mol. The summed E-state index contributed by atoms with van der Waals surface area (Å²) < 4.78 is 13.0. The highest BCUT2D eigenvalue weighted by molar-refractivity contribution is 7.80. The maximum Gasteiger partial charge on any atom is 0.363 e. The molecule has 4 rings (SSSR count). The van der Waals surface area contributed by atoms with Crippen molar-refractivity contribution in [1.29, 1.82) is 0 Å². The summed E-state index contributed by atoms with van der Waals surface area (Å²) in [7, 11) is 0. The number of thiocarbonyl (C=S) groups is 1. The number of hydroxylamine groups is 2. The van der Waals surface area contributed by atoms with Crippen LogP contribution in [-0.4, -0.2) is 21.9 Å². The zero-order valence-corrected chi connectivity index (χ0v) is 13.5. The van der Waals surface area contributed by atoms with Gasteiger partial charge in [-0.3, -0.25) is 4.79 Å². The molecule has 4 nitrogen and oxygen atoms in total. The molecule has 1 heterocycles. The smallest absolute Gasteiger partial charge is 0.327 e. The van der Waals surface area contributed by atoms with E-state index in [1.54, 1.807) is 18.2 Å². The summed E-state index contributed by atoms with van der Waals surface area (Å²) in [4.78, 5) is 30.3. The van der Waals surface area contributed by atoms with Gasteiger partial charge in [0.25, 0.3) is 5.91 Å². The van der Waals surface area contributed by atoms with Gasteiger partial charge in [-0.05, 0) is 35.7 Å². The maximum absolute atomic E-state index is 13.0. The van der Waals surface area contributed by atoms with Crippen LogP contribution in [0.5, 0.6) is 0 Å². The van der Waals surface area contributed by atoms with Crippen LogP contribution in [-0.2, 0) is 4.84 Å². The van der Waals surface area contributed by atoms with Crippen molar-refractivity contribution in [2.24, 2.45) is 0 Å². The van der Waals surface area contributed by atoms with E-state index in [-0.39, 0.29) is 10.6 Å². The van der Waals surface area contributed by atoms with Crippen LogP contribution in [0, 0.1) is 5.82 Å². The van der Waals surface area contributed by atoms with Gasteiger partial charge in [0.2, 0.25) is 0 Å². The Morgan fingerprint density at radius 2 is 1.60 bits per heavy atom. The molecule has 3 aromatic carbocycles. The monoisotopic (exact) mass is 351 g/mol. The SMILES string of the molecule is O=C(ON1C(=O)c2cccc3cccc(c23)C1=S)c1ccc(F)cc1. The molecule has 6 heteroatoms. The number of rotatable bonds is 2. The molecule has 0 saturated carbocycles. The Morgan fingerprint density at radius 1 is 0.960 bits per heavy atom. The van der Waals surface area contributed by atoms with E-state index in [0.29, 0.717) is 11.1 Å². The first-order valence-electron chi connectivity index (χ1n) is 7.44. The minimum atomic E-state index is -0.790. The van der Waals surface area contributed by atoms with Crippen molar-refractivity contribution in [1.82, 2.24) is 5.06 Å². The molecular formula is C19H10FNO3S. The fraction of sp³-hybridized carbons (Fsp3) is 0. The van der Waals surface area contributed by atoms with Crippen LogP contribution in [0.4, 0.5) is 4.39 Å². The standard InChI is InChI=1S/C19H10FNO3S/c20-13-9-7-12(8-10-13)19(23)24-21-17(22)14-5-1-3-11-4-2-6-15(16(11)14)18(21)25/h1-10H. The number of carbonyl (C=O) groups excluding carboxylic acids is 2. The normalized spacial score (nSPS) is 13.2. The van der Waals surface area contributed by atoms with E-state index in [2.05, 4.69) is 0 Å². The Kier molecular flexibility index (Phi) is 3.54. The quantitative estimate of drug-likeness (QED) is 0.658. The molecule has 25 heavy (non-hydrogen) atoms. The topological polar surface area (TPSA) is 46.6 Å². The minimum absolute atomic E-state index is 0.116. The molecule has 0 fully saturated rings. The van der Waals surface area contributed by atoms with Crippen LogP contribution >= 0.6 is 12.2 Å². The van der Waals surface area contributed by atoms with E-state index in [4.69, 9.17) is 17.1 Å². The zero-order chi connectivity index (χ0) is 17.6. The van der Waals surface area contributed by atoms with Gasteiger partial charge in [0, 0.05) is 10.9 Å². The van der Waals surface area contributed by atoms with Gasteiger partial charge in [-0.1, -0.05) is 42.5 Å². The lowest BCUT2D eigenvalue weighted by atomic mass is 9.95. The highest BCUT2D eigenvalue weighted by Crippen LogP contribution is 2.30. The number of carbonyl (C=O) groups is 2. The number of hydrogen-bond acceptors (Lipinski definition) is 4. The molecule has 0 spiro atoms. The molecular weight excluding hydrogens is 341 g/mol.